The van der Waals surface area contributed by atoms with Crippen LogP contribution in [0.15, 0.2) is 58.5 Å². The van der Waals surface area contributed by atoms with Gasteiger partial charge in [0.1, 0.15) is 5.82 Å². The lowest BCUT2D eigenvalue weighted by atomic mass is 10.2. The van der Waals surface area contributed by atoms with Gasteiger partial charge >= 0.3 is 0 Å². The molecule has 0 amide bonds. The number of aromatic nitrogens is 4. The van der Waals surface area contributed by atoms with Gasteiger partial charge in [-0.3, -0.25) is 0 Å². The highest BCUT2D eigenvalue weighted by molar-refractivity contribution is 7.91. The summed E-state index contributed by atoms with van der Waals surface area (Å²) in [7, 11) is -3.86. The number of nitrogens with one attached hydrogen (secondary N) is 1. The molecule has 1 aliphatic rings. The molecule has 9 heteroatoms. The van der Waals surface area contributed by atoms with E-state index in [1.54, 1.807) is 24.3 Å². The summed E-state index contributed by atoms with van der Waals surface area (Å²) in [6, 6.07) is 14.3. The summed E-state index contributed by atoms with van der Waals surface area (Å²) >= 11 is 0. The molecule has 1 N–H and O–H groups in total. The molecule has 30 heavy (non-hydrogen) atoms. The van der Waals surface area contributed by atoms with Crippen molar-refractivity contribution in [1.82, 2.24) is 19.8 Å². The Kier molecular flexibility index (Phi) is 4.63. The van der Waals surface area contributed by atoms with E-state index in [1.165, 1.54) is 4.52 Å². The van der Waals surface area contributed by atoms with Crippen LogP contribution in [0, 0.1) is 6.92 Å². The highest BCUT2D eigenvalue weighted by Gasteiger charge is 2.27. The molecule has 0 unspecified atom stereocenters. The number of hydrogen-bond acceptors (Lipinski definition) is 7. The number of benzene rings is 2. The fourth-order valence-corrected chi connectivity index (χ4v) is 4.93. The average Bonchev–Trinajstić information content (AvgIpc) is 3.42. The number of para-hydroxylation sites is 1. The van der Waals surface area contributed by atoms with Crippen molar-refractivity contribution < 1.29 is 13.2 Å². The van der Waals surface area contributed by atoms with Crippen LogP contribution in [0.2, 0.25) is 0 Å². The van der Waals surface area contributed by atoms with Crippen LogP contribution in [0.5, 0.6) is 0 Å². The van der Waals surface area contributed by atoms with Gasteiger partial charge in [0.2, 0.25) is 14.9 Å². The van der Waals surface area contributed by atoms with Crippen LogP contribution in [0.4, 0.5) is 5.82 Å². The minimum atomic E-state index is -3.86. The van der Waals surface area contributed by atoms with Crippen molar-refractivity contribution in [3.63, 3.8) is 0 Å². The molecule has 1 atom stereocenters. The second-order valence-corrected chi connectivity index (χ2v) is 9.30. The van der Waals surface area contributed by atoms with E-state index in [9.17, 15) is 8.42 Å². The Labute approximate surface area is 173 Å². The first-order valence-electron chi connectivity index (χ1n) is 9.85. The summed E-state index contributed by atoms with van der Waals surface area (Å²) in [6.07, 6.45) is 2.17. The summed E-state index contributed by atoms with van der Waals surface area (Å²) in [5.41, 5.74) is 1.91. The van der Waals surface area contributed by atoms with Gasteiger partial charge in [0.05, 0.1) is 16.5 Å². The van der Waals surface area contributed by atoms with Gasteiger partial charge in [0.15, 0.2) is 5.65 Å². The fourth-order valence-electron chi connectivity index (χ4n) is 3.70. The number of aryl methyl sites for hydroxylation is 1. The third-order valence-corrected chi connectivity index (χ3v) is 7.00. The first-order chi connectivity index (χ1) is 14.5. The van der Waals surface area contributed by atoms with Gasteiger partial charge in [-0.2, -0.15) is 4.52 Å². The number of ether oxygens (including phenoxy) is 1. The largest absolute Gasteiger partial charge is 0.376 e. The first kappa shape index (κ1) is 19.0. The Bertz CT molecular complexity index is 1330. The zero-order valence-electron chi connectivity index (χ0n) is 16.4. The van der Waals surface area contributed by atoms with Gasteiger partial charge in [-0.1, -0.05) is 35.0 Å². The molecule has 0 radical (unpaired) electrons. The van der Waals surface area contributed by atoms with Crippen molar-refractivity contribution in [2.45, 2.75) is 35.8 Å². The summed E-state index contributed by atoms with van der Waals surface area (Å²) in [5.74, 6) is 0.594. The highest BCUT2D eigenvalue weighted by Crippen LogP contribution is 2.28. The number of anilines is 1. The predicted molar refractivity (Wildman–Crippen MR) is 112 cm³/mol. The maximum Gasteiger partial charge on any atom is 0.229 e. The van der Waals surface area contributed by atoms with Crippen molar-refractivity contribution in [1.29, 1.82) is 0 Å². The summed E-state index contributed by atoms with van der Waals surface area (Å²) < 4.78 is 33.6. The van der Waals surface area contributed by atoms with E-state index in [2.05, 4.69) is 20.6 Å². The van der Waals surface area contributed by atoms with Crippen LogP contribution in [0.25, 0.3) is 16.6 Å². The quantitative estimate of drug-likeness (QED) is 0.527. The number of hydrogen-bond donors (Lipinski definition) is 1. The molecule has 0 spiro atoms. The van der Waals surface area contributed by atoms with E-state index in [0.717, 1.165) is 35.9 Å². The lowest BCUT2D eigenvalue weighted by molar-refractivity contribution is 0.120. The van der Waals surface area contributed by atoms with Gasteiger partial charge in [0.25, 0.3) is 0 Å². The summed E-state index contributed by atoms with van der Waals surface area (Å²) in [4.78, 5) is 4.79. The SMILES string of the molecule is Cc1ccc(S(=O)(=O)c2nnn3c2nc(NC[C@@H]2CCCO2)c2ccccc23)cc1. The van der Waals surface area contributed by atoms with Gasteiger partial charge < -0.3 is 10.1 Å². The maximum absolute atomic E-state index is 13.2. The zero-order chi connectivity index (χ0) is 20.7. The van der Waals surface area contributed by atoms with Crippen LogP contribution < -0.4 is 5.32 Å². The molecule has 8 nitrogen and oxygen atoms in total. The Morgan fingerprint density at radius 1 is 1.17 bits per heavy atom. The molecule has 3 heterocycles. The van der Waals surface area contributed by atoms with E-state index in [0.29, 0.717) is 12.4 Å². The number of fused-ring (bicyclic) bond motifs is 3. The lowest BCUT2D eigenvalue weighted by Crippen LogP contribution is -2.19. The third kappa shape index (κ3) is 3.20. The molecule has 154 valence electrons. The smallest absolute Gasteiger partial charge is 0.229 e. The average molecular weight is 423 g/mol. The zero-order valence-corrected chi connectivity index (χ0v) is 17.3. The Morgan fingerprint density at radius 3 is 2.73 bits per heavy atom. The van der Waals surface area contributed by atoms with Gasteiger partial charge in [-0.05, 0) is 44.0 Å². The molecular weight excluding hydrogens is 402 g/mol. The van der Waals surface area contributed by atoms with Crippen LogP contribution in [-0.4, -0.2) is 47.5 Å². The van der Waals surface area contributed by atoms with Crippen molar-refractivity contribution in [3.05, 3.63) is 54.1 Å². The van der Waals surface area contributed by atoms with Crippen LogP contribution in [0.1, 0.15) is 18.4 Å². The number of rotatable bonds is 5. The third-order valence-electron chi connectivity index (χ3n) is 5.33. The Hall–Kier alpha value is -3.04. The fraction of sp³-hybridized carbons (Fsp3) is 0.286. The first-order valence-corrected chi connectivity index (χ1v) is 11.3. The predicted octanol–water partition coefficient (Wildman–Crippen LogP) is 3.01. The maximum atomic E-state index is 13.2. The number of nitrogens with zero attached hydrogens (tertiary/aromatic N) is 4. The molecule has 1 fully saturated rings. The van der Waals surface area contributed by atoms with E-state index in [1.807, 2.05) is 31.2 Å². The van der Waals surface area contributed by atoms with E-state index >= 15 is 0 Å². The normalized spacial score (nSPS) is 17.0. The molecule has 0 bridgehead atoms. The van der Waals surface area contributed by atoms with Crippen molar-refractivity contribution in [2.75, 3.05) is 18.5 Å². The van der Waals surface area contributed by atoms with Gasteiger partial charge in [-0.15, -0.1) is 5.10 Å². The standard InChI is InChI=1S/C21H21N5O3S/c1-14-8-10-16(11-9-14)30(27,28)21-20-23-19(22-13-15-5-4-12-29-15)17-6-2-3-7-18(17)26(20)25-24-21/h2-3,6-11,15H,4-5,12-13H2,1H3,(H,22,23)/t15-/m0/s1. The van der Waals surface area contributed by atoms with Crippen molar-refractivity contribution in [2.24, 2.45) is 0 Å². The second-order valence-electron chi connectivity index (χ2n) is 7.44. The topological polar surface area (TPSA) is 98.5 Å². The van der Waals surface area contributed by atoms with Crippen LogP contribution >= 0.6 is 0 Å². The molecule has 1 aliphatic heterocycles. The molecule has 0 saturated carbocycles. The summed E-state index contributed by atoms with van der Waals surface area (Å²) in [5, 5.41) is 12.1. The Balaban J connectivity index is 1.65. The minimum absolute atomic E-state index is 0.126. The van der Waals surface area contributed by atoms with Crippen molar-refractivity contribution in [3.8, 4) is 0 Å². The van der Waals surface area contributed by atoms with Crippen LogP contribution in [-0.2, 0) is 14.6 Å². The second kappa shape index (κ2) is 7.33. The molecule has 2 aromatic heterocycles. The molecule has 2 aromatic carbocycles. The molecule has 5 rings (SSSR count). The molecule has 4 aromatic rings. The van der Waals surface area contributed by atoms with Gasteiger partial charge in [0, 0.05) is 18.5 Å². The molecule has 1 saturated heterocycles. The number of sulfone groups is 1. The molecule has 0 aliphatic carbocycles. The lowest BCUT2D eigenvalue weighted by Gasteiger charge is -2.13. The van der Waals surface area contributed by atoms with E-state index in [-0.39, 0.29) is 21.7 Å². The van der Waals surface area contributed by atoms with E-state index < -0.39 is 9.84 Å². The van der Waals surface area contributed by atoms with E-state index in [4.69, 9.17) is 4.74 Å². The van der Waals surface area contributed by atoms with Gasteiger partial charge in [-0.25, -0.2) is 13.4 Å². The summed E-state index contributed by atoms with van der Waals surface area (Å²) in [6.45, 7) is 3.28. The van der Waals surface area contributed by atoms with Crippen LogP contribution in [0.3, 0.4) is 0 Å². The molecular formula is C21H21N5O3S. The highest BCUT2D eigenvalue weighted by atomic mass is 32.2. The Morgan fingerprint density at radius 2 is 1.97 bits per heavy atom. The monoisotopic (exact) mass is 423 g/mol. The minimum Gasteiger partial charge on any atom is -0.376 e. The van der Waals surface area contributed by atoms with Crippen molar-refractivity contribution >= 4 is 32.2 Å².